The highest BCUT2D eigenvalue weighted by molar-refractivity contribution is 6.31. The van der Waals surface area contributed by atoms with Gasteiger partial charge in [-0.15, -0.1) is 0 Å². The first-order valence-corrected chi connectivity index (χ1v) is 7.15. The third-order valence-corrected chi connectivity index (χ3v) is 3.29. The number of benzene rings is 1. The molecule has 0 radical (unpaired) electrons. The van der Waals surface area contributed by atoms with Crippen LogP contribution in [0.25, 0.3) is 0 Å². The molecule has 0 spiro atoms. The fourth-order valence-corrected chi connectivity index (χ4v) is 2.24. The quantitative estimate of drug-likeness (QED) is 0.484. The van der Waals surface area contributed by atoms with E-state index in [0.29, 0.717) is 0 Å². The maximum absolute atomic E-state index is 11.8. The van der Waals surface area contributed by atoms with Gasteiger partial charge < -0.3 is 5.11 Å². The van der Waals surface area contributed by atoms with Crippen molar-refractivity contribution in [1.82, 2.24) is 15.2 Å². The highest BCUT2D eigenvalue weighted by atomic mass is 35.5. The van der Waals surface area contributed by atoms with Crippen molar-refractivity contribution in [2.24, 2.45) is 5.10 Å². The first-order chi connectivity index (χ1) is 11.3. The molecule has 0 bridgehead atoms. The molecule has 24 heavy (non-hydrogen) atoms. The zero-order valence-electron chi connectivity index (χ0n) is 12.9. The summed E-state index contributed by atoms with van der Waals surface area (Å²) in [5.41, 5.74) is 3.35. The molecule has 0 aliphatic carbocycles. The van der Waals surface area contributed by atoms with Crippen LogP contribution in [0.3, 0.4) is 0 Å². The fraction of sp³-hybridized carbons (Fsp3) is 0.214. The van der Waals surface area contributed by atoms with E-state index in [9.17, 15) is 20.0 Å². The number of nitrogens with one attached hydrogen (secondary N) is 1. The van der Waals surface area contributed by atoms with E-state index in [4.69, 9.17) is 11.6 Å². The van der Waals surface area contributed by atoms with Crippen LogP contribution in [0, 0.1) is 24.0 Å². The molecule has 0 atom stereocenters. The smallest absolute Gasteiger partial charge is 0.312 e. The molecule has 0 saturated carbocycles. The van der Waals surface area contributed by atoms with Crippen molar-refractivity contribution in [3.63, 3.8) is 0 Å². The molecule has 0 saturated heterocycles. The third kappa shape index (κ3) is 4.07. The number of nitro benzene ring substituents is 1. The molecule has 9 nitrogen and oxygen atoms in total. The summed E-state index contributed by atoms with van der Waals surface area (Å²) in [7, 11) is 0. The number of halogens is 1. The average molecular weight is 352 g/mol. The fourth-order valence-electron chi connectivity index (χ4n) is 2.02. The van der Waals surface area contributed by atoms with Crippen LogP contribution < -0.4 is 5.43 Å². The number of rotatable bonds is 5. The number of nitrogens with zero attached hydrogens (tertiary/aromatic N) is 4. The lowest BCUT2D eigenvalue weighted by Crippen LogP contribution is -2.24. The Labute approximate surface area is 141 Å². The minimum absolute atomic E-state index is 0.0145. The van der Waals surface area contributed by atoms with Gasteiger partial charge in [-0.3, -0.25) is 19.6 Å². The van der Waals surface area contributed by atoms with E-state index in [1.165, 1.54) is 10.7 Å². The summed E-state index contributed by atoms with van der Waals surface area (Å²) in [6.07, 6.45) is 1.08. The predicted octanol–water partition coefficient (Wildman–Crippen LogP) is 1.92. The third-order valence-electron chi connectivity index (χ3n) is 3.07. The molecule has 2 N–H and O–H groups in total. The number of nitro groups is 1. The molecule has 0 aliphatic heterocycles. The van der Waals surface area contributed by atoms with Gasteiger partial charge in [-0.1, -0.05) is 11.6 Å². The van der Waals surface area contributed by atoms with E-state index in [2.05, 4.69) is 15.6 Å². The Balaban J connectivity index is 2.07. The van der Waals surface area contributed by atoms with Gasteiger partial charge >= 0.3 is 5.69 Å². The number of amides is 1. The highest BCUT2D eigenvalue weighted by Gasteiger charge is 2.17. The normalized spacial score (nSPS) is 11.0. The Kier molecular flexibility index (Phi) is 5.14. The Hall–Kier alpha value is -2.94. The van der Waals surface area contributed by atoms with E-state index in [1.807, 2.05) is 19.9 Å². The minimum atomic E-state index is -0.764. The topological polar surface area (TPSA) is 123 Å². The Bertz CT molecular complexity index is 831. The number of aromatic hydroxyl groups is 1. The van der Waals surface area contributed by atoms with Gasteiger partial charge in [0.2, 0.25) is 5.75 Å². The number of carbonyl (C=O) groups excluding carboxylic acids is 1. The standard InChI is InChI=1S/C14H14ClN5O4/c1-8-3-9(2)19(18-8)7-13(21)17-16-6-10-4-11(15)5-12(14(10)22)20(23)24/h3-6,22H,7H2,1-2H3,(H,17,21)/b16-6-. The zero-order valence-corrected chi connectivity index (χ0v) is 13.6. The summed E-state index contributed by atoms with van der Waals surface area (Å²) in [5, 5.41) is 28.5. The molecule has 2 aromatic rings. The van der Waals surface area contributed by atoms with Crippen LogP contribution >= 0.6 is 11.6 Å². The maximum Gasteiger partial charge on any atom is 0.312 e. The van der Waals surface area contributed by atoms with Gasteiger partial charge in [0.1, 0.15) is 6.54 Å². The van der Waals surface area contributed by atoms with Crippen LogP contribution in [0.4, 0.5) is 5.69 Å². The van der Waals surface area contributed by atoms with Crippen LogP contribution in [0.1, 0.15) is 17.0 Å². The van der Waals surface area contributed by atoms with Crippen molar-refractivity contribution < 1.29 is 14.8 Å². The van der Waals surface area contributed by atoms with Crippen LogP contribution in [-0.4, -0.2) is 31.9 Å². The molecule has 1 aromatic heterocycles. The first-order valence-electron chi connectivity index (χ1n) is 6.77. The first kappa shape index (κ1) is 17.4. The van der Waals surface area contributed by atoms with Gasteiger partial charge in [0, 0.05) is 22.3 Å². The predicted molar refractivity (Wildman–Crippen MR) is 87.2 cm³/mol. The van der Waals surface area contributed by atoms with E-state index < -0.39 is 22.3 Å². The molecular weight excluding hydrogens is 338 g/mol. The van der Waals surface area contributed by atoms with Gasteiger partial charge in [0.05, 0.1) is 16.8 Å². The minimum Gasteiger partial charge on any atom is -0.502 e. The Morgan fingerprint density at radius 2 is 2.21 bits per heavy atom. The van der Waals surface area contributed by atoms with Crippen LogP contribution in [-0.2, 0) is 11.3 Å². The number of hydrogen-bond acceptors (Lipinski definition) is 6. The second-order valence-electron chi connectivity index (χ2n) is 5.00. The van der Waals surface area contributed by atoms with Crippen molar-refractivity contribution in [3.8, 4) is 5.75 Å². The highest BCUT2D eigenvalue weighted by Crippen LogP contribution is 2.32. The number of hydrazone groups is 1. The molecule has 1 amide bonds. The van der Waals surface area contributed by atoms with Crippen LogP contribution in [0.2, 0.25) is 5.02 Å². The SMILES string of the molecule is Cc1cc(C)n(CC(=O)N/N=C\c2cc(Cl)cc([N+](=O)[O-])c2O)n1. The molecular formula is C14H14ClN5O4. The number of phenolic OH excluding ortho intramolecular Hbond substituents is 1. The summed E-state index contributed by atoms with van der Waals surface area (Å²) < 4.78 is 1.52. The molecule has 2 rings (SSSR count). The van der Waals surface area contributed by atoms with Gasteiger partial charge in [0.25, 0.3) is 5.91 Å². The molecule has 0 fully saturated rings. The van der Waals surface area contributed by atoms with Crippen molar-refractivity contribution in [2.45, 2.75) is 20.4 Å². The van der Waals surface area contributed by atoms with Gasteiger partial charge in [-0.25, -0.2) is 5.43 Å². The molecule has 126 valence electrons. The van der Waals surface area contributed by atoms with E-state index in [1.54, 1.807) is 0 Å². The van der Waals surface area contributed by atoms with Crippen molar-refractivity contribution in [2.75, 3.05) is 0 Å². The van der Waals surface area contributed by atoms with E-state index >= 15 is 0 Å². The summed E-state index contributed by atoms with van der Waals surface area (Å²) in [6.45, 7) is 3.60. The molecule has 1 heterocycles. The Morgan fingerprint density at radius 1 is 1.50 bits per heavy atom. The largest absolute Gasteiger partial charge is 0.502 e. The van der Waals surface area contributed by atoms with Crippen molar-refractivity contribution >= 4 is 29.4 Å². The molecule has 1 aromatic carbocycles. The van der Waals surface area contributed by atoms with Gasteiger partial charge in [-0.2, -0.15) is 10.2 Å². The van der Waals surface area contributed by atoms with Crippen molar-refractivity contribution in [3.05, 3.63) is 50.3 Å². The molecule has 10 heteroatoms. The number of hydrogen-bond donors (Lipinski definition) is 2. The number of carbonyl (C=O) groups is 1. The second kappa shape index (κ2) is 7.09. The summed E-state index contributed by atoms with van der Waals surface area (Å²) in [4.78, 5) is 21.9. The number of aryl methyl sites for hydroxylation is 2. The van der Waals surface area contributed by atoms with Crippen molar-refractivity contribution in [1.29, 1.82) is 0 Å². The maximum atomic E-state index is 11.8. The zero-order chi connectivity index (χ0) is 17.9. The summed E-state index contributed by atoms with van der Waals surface area (Å²) >= 11 is 5.76. The number of aromatic nitrogens is 2. The summed E-state index contributed by atoms with van der Waals surface area (Å²) in [5.74, 6) is -1.02. The lowest BCUT2D eigenvalue weighted by atomic mass is 10.2. The van der Waals surface area contributed by atoms with Crippen LogP contribution in [0.5, 0.6) is 5.75 Å². The lowest BCUT2D eigenvalue weighted by Gasteiger charge is -2.03. The lowest BCUT2D eigenvalue weighted by molar-refractivity contribution is -0.385. The van der Waals surface area contributed by atoms with E-state index in [0.717, 1.165) is 23.7 Å². The average Bonchev–Trinajstić information content (AvgIpc) is 2.79. The molecule has 0 aliphatic rings. The summed E-state index contributed by atoms with van der Waals surface area (Å²) in [6, 6.07) is 4.15. The Morgan fingerprint density at radius 3 is 2.79 bits per heavy atom. The molecule has 0 unspecified atom stereocenters. The van der Waals surface area contributed by atoms with Gasteiger partial charge in [-0.05, 0) is 26.0 Å². The van der Waals surface area contributed by atoms with Crippen LogP contribution in [0.15, 0.2) is 23.3 Å². The monoisotopic (exact) mass is 351 g/mol. The second-order valence-corrected chi connectivity index (χ2v) is 5.43. The number of phenols is 1. The van der Waals surface area contributed by atoms with E-state index in [-0.39, 0.29) is 17.1 Å². The van der Waals surface area contributed by atoms with Gasteiger partial charge in [0.15, 0.2) is 0 Å².